The second-order valence-corrected chi connectivity index (χ2v) is 4.85. The molecule has 0 radical (unpaired) electrons. The van der Waals surface area contributed by atoms with Crippen LogP contribution in [0.4, 0.5) is 0 Å². The molecule has 1 aromatic rings. The van der Waals surface area contributed by atoms with Gasteiger partial charge in [-0.2, -0.15) is 0 Å². The predicted octanol–water partition coefficient (Wildman–Crippen LogP) is 2.99. The molecule has 0 saturated heterocycles. The van der Waals surface area contributed by atoms with Gasteiger partial charge in [0.2, 0.25) is 0 Å². The molecule has 1 aromatic carbocycles. The van der Waals surface area contributed by atoms with Crippen LogP contribution < -0.4 is 4.74 Å². The van der Waals surface area contributed by atoms with E-state index in [-0.39, 0.29) is 5.78 Å². The number of Topliss-reactive ketones (excluding diaryl/α,β-unsaturated/α-hetero) is 1. The molecule has 3 rings (SSSR count). The first-order chi connectivity index (χ1) is 7.83. The number of ether oxygens (including phenoxy) is 1. The van der Waals surface area contributed by atoms with Crippen LogP contribution in [0.5, 0.6) is 5.75 Å². The van der Waals surface area contributed by atoms with Crippen molar-refractivity contribution in [2.45, 2.75) is 32.1 Å². The number of rotatable bonds is 3. The Morgan fingerprint density at radius 1 is 1.25 bits per heavy atom. The third-order valence-corrected chi connectivity index (χ3v) is 3.41. The third-order valence-electron chi connectivity index (χ3n) is 3.41. The molecule has 84 valence electrons. The minimum atomic E-state index is 0.276. The summed E-state index contributed by atoms with van der Waals surface area (Å²) < 4.78 is 5.69. The summed E-state index contributed by atoms with van der Waals surface area (Å²) in [4.78, 5) is 11.7. The van der Waals surface area contributed by atoms with Crippen LogP contribution in [0.1, 0.15) is 41.6 Å². The van der Waals surface area contributed by atoms with Crippen LogP contribution in [0.15, 0.2) is 18.2 Å². The Bertz CT molecular complexity index is 419. The molecule has 16 heavy (non-hydrogen) atoms. The molecule has 0 bridgehead atoms. The monoisotopic (exact) mass is 216 g/mol. The van der Waals surface area contributed by atoms with Crippen molar-refractivity contribution in [1.82, 2.24) is 0 Å². The van der Waals surface area contributed by atoms with Gasteiger partial charge in [0.05, 0.1) is 6.61 Å². The quantitative estimate of drug-likeness (QED) is 0.776. The molecule has 0 atom stereocenters. The zero-order valence-electron chi connectivity index (χ0n) is 9.37. The zero-order chi connectivity index (χ0) is 11.0. The van der Waals surface area contributed by atoms with Gasteiger partial charge in [-0.3, -0.25) is 4.79 Å². The van der Waals surface area contributed by atoms with Gasteiger partial charge in [-0.15, -0.1) is 0 Å². The van der Waals surface area contributed by atoms with Gasteiger partial charge < -0.3 is 4.74 Å². The molecule has 2 heteroatoms. The molecule has 0 amide bonds. The molecule has 2 aliphatic rings. The van der Waals surface area contributed by atoms with E-state index in [9.17, 15) is 4.79 Å². The van der Waals surface area contributed by atoms with Gasteiger partial charge in [0, 0.05) is 12.0 Å². The maximum atomic E-state index is 11.7. The average Bonchev–Trinajstić information content (AvgIpc) is 3.11. The van der Waals surface area contributed by atoms with Crippen molar-refractivity contribution in [3.05, 3.63) is 29.3 Å². The van der Waals surface area contributed by atoms with Crippen LogP contribution in [0.3, 0.4) is 0 Å². The van der Waals surface area contributed by atoms with Crippen LogP contribution in [0, 0.1) is 5.92 Å². The van der Waals surface area contributed by atoms with E-state index in [0.717, 1.165) is 36.7 Å². The number of fused-ring (bicyclic) bond motifs is 1. The largest absolute Gasteiger partial charge is 0.493 e. The standard InChI is InChI=1S/C14H16O2/c15-14-3-1-2-11-6-7-12(8-13(11)14)16-9-10-4-5-10/h6-8,10H,1-5,9H2. The van der Waals surface area contributed by atoms with Crippen LogP contribution in [0.25, 0.3) is 0 Å². The second kappa shape index (κ2) is 3.93. The van der Waals surface area contributed by atoms with E-state index in [1.807, 2.05) is 12.1 Å². The van der Waals surface area contributed by atoms with E-state index in [4.69, 9.17) is 4.74 Å². The Hall–Kier alpha value is -1.31. The highest BCUT2D eigenvalue weighted by Gasteiger charge is 2.22. The van der Waals surface area contributed by atoms with Gasteiger partial charge in [0.1, 0.15) is 5.75 Å². The lowest BCUT2D eigenvalue weighted by atomic mass is 9.90. The lowest BCUT2D eigenvalue weighted by molar-refractivity contribution is 0.0972. The number of aryl methyl sites for hydroxylation is 1. The summed E-state index contributed by atoms with van der Waals surface area (Å²) in [6.07, 6.45) is 5.31. The van der Waals surface area contributed by atoms with E-state index in [2.05, 4.69) is 6.07 Å². The first kappa shape index (κ1) is 9.88. The van der Waals surface area contributed by atoms with Crippen molar-refractivity contribution in [1.29, 1.82) is 0 Å². The fraction of sp³-hybridized carbons (Fsp3) is 0.500. The normalized spacial score (nSPS) is 19.4. The number of hydrogen-bond donors (Lipinski definition) is 0. The summed E-state index contributed by atoms with van der Waals surface area (Å²) in [5.41, 5.74) is 2.08. The van der Waals surface area contributed by atoms with Gasteiger partial charge in [0.25, 0.3) is 0 Å². The van der Waals surface area contributed by atoms with Crippen LogP contribution in [0.2, 0.25) is 0 Å². The number of carbonyl (C=O) groups excluding carboxylic acids is 1. The van der Waals surface area contributed by atoms with Gasteiger partial charge in [-0.1, -0.05) is 6.07 Å². The van der Waals surface area contributed by atoms with E-state index in [1.165, 1.54) is 18.4 Å². The Labute approximate surface area is 95.6 Å². The fourth-order valence-corrected chi connectivity index (χ4v) is 2.20. The molecule has 1 fully saturated rings. The van der Waals surface area contributed by atoms with Gasteiger partial charge in [-0.25, -0.2) is 0 Å². The highest BCUT2D eigenvalue weighted by atomic mass is 16.5. The topological polar surface area (TPSA) is 26.3 Å². The summed E-state index contributed by atoms with van der Waals surface area (Å²) in [7, 11) is 0. The smallest absolute Gasteiger partial charge is 0.163 e. The molecule has 1 saturated carbocycles. The Morgan fingerprint density at radius 3 is 2.94 bits per heavy atom. The summed E-state index contributed by atoms with van der Waals surface area (Å²) in [6, 6.07) is 5.98. The van der Waals surface area contributed by atoms with Crippen molar-refractivity contribution < 1.29 is 9.53 Å². The molecule has 0 unspecified atom stereocenters. The van der Waals surface area contributed by atoms with E-state index >= 15 is 0 Å². The molecule has 0 aromatic heterocycles. The number of carbonyl (C=O) groups is 1. The lowest BCUT2D eigenvalue weighted by Gasteiger charge is -2.15. The zero-order valence-corrected chi connectivity index (χ0v) is 9.37. The van der Waals surface area contributed by atoms with Crippen LogP contribution in [-0.4, -0.2) is 12.4 Å². The van der Waals surface area contributed by atoms with Crippen LogP contribution in [-0.2, 0) is 6.42 Å². The van der Waals surface area contributed by atoms with Crippen molar-refractivity contribution in [3.63, 3.8) is 0 Å². The van der Waals surface area contributed by atoms with E-state index in [0.29, 0.717) is 6.42 Å². The van der Waals surface area contributed by atoms with E-state index in [1.54, 1.807) is 0 Å². The third kappa shape index (κ3) is 1.97. The fourth-order valence-electron chi connectivity index (χ4n) is 2.20. The SMILES string of the molecule is O=C1CCCc2ccc(OCC3CC3)cc21. The predicted molar refractivity (Wildman–Crippen MR) is 61.9 cm³/mol. The Morgan fingerprint density at radius 2 is 2.12 bits per heavy atom. The van der Waals surface area contributed by atoms with Crippen molar-refractivity contribution >= 4 is 5.78 Å². The molecule has 0 heterocycles. The first-order valence-corrected chi connectivity index (χ1v) is 6.12. The lowest BCUT2D eigenvalue weighted by Crippen LogP contribution is -2.11. The molecular formula is C14H16O2. The molecular weight excluding hydrogens is 200 g/mol. The number of benzene rings is 1. The molecule has 2 aliphatic carbocycles. The van der Waals surface area contributed by atoms with Crippen molar-refractivity contribution in [3.8, 4) is 5.75 Å². The summed E-state index contributed by atoms with van der Waals surface area (Å²) in [6.45, 7) is 0.812. The number of hydrogen-bond acceptors (Lipinski definition) is 2. The second-order valence-electron chi connectivity index (χ2n) is 4.85. The van der Waals surface area contributed by atoms with Crippen molar-refractivity contribution in [2.75, 3.05) is 6.61 Å². The Kier molecular flexibility index (Phi) is 2.43. The summed E-state index contributed by atoms with van der Waals surface area (Å²) in [5, 5.41) is 0. The first-order valence-electron chi connectivity index (χ1n) is 6.12. The highest BCUT2D eigenvalue weighted by molar-refractivity contribution is 5.98. The Balaban J connectivity index is 1.79. The van der Waals surface area contributed by atoms with Gasteiger partial charge in [-0.05, 0) is 49.3 Å². The molecule has 0 aliphatic heterocycles. The summed E-state index contributed by atoms with van der Waals surface area (Å²) in [5.74, 6) is 1.89. The van der Waals surface area contributed by atoms with Gasteiger partial charge >= 0.3 is 0 Å². The van der Waals surface area contributed by atoms with Crippen molar-refractivity contribution in [2.24, 2.45) is 5.92 Å². The maximum Gasteiger partial charge on any atom is 0.163 e. The molecule has 0 spiro atoms. The van der Waals surface area contributed by atoms with Gasteiger partial charge in [0.15, 0.2) is 5.78 Å². The molecule has 2 nitrogen and oxygen atoms in total. The number of ketones is 1. The molecule has 0 N–H and O–H groups in total. The minimum Gasteiger partial charge on any atom is -0.493 e. The maximum absolute atomic E-state index is 11.7. The van der Waals surface area contributed by atoms with E-state index < -0.39 is 0 Å². The summed E-state index contributed by atoms with van der Waals surface area (Å²) >= 11 is 0. The highest BCUT2D eigenvalue weighted by Crippen LogP contribution is 2.30. The average molecular weight is 216 g/mol. The minimum absolute atomic E-state index is 0.276. The van der Waals surface area contributed by atoms with Crippen LogP contribution >= 0.6 is 0 Å².